The number of carbonyl (C=O) groups is 1. The molecule has 4 heteroatoms. The van der Waals surface area contributed by atoms with E-state index in [0.29, 0.717) is 24.8 Å². The molecule has 2 aromatic rings. The summed E-state index contributed by atoms with van der Waals surface area (Å²) in [6, 6.07) is 6.32. The van der Waals surface area contributed by atoms with Gasteiger partial charge < -0.3 is 4.90 Å². The average molecular weight is 299 g/mol. The van der Waals surface area contributed by atoms with E-state index >= 15 is 0 Å². The van der Waals surface area contributed by atoms with Gasteiger partial charge in [-0.05, 0) is 37.3 Å². The molecule has 1 aromatic carbocycles. The van der Waals surface area contributed by atoms with E-state index in [9.17, 15) is 4.79 Å². The molecule has 1 aromatic heterocycles. The highest BCUT2D eigenvalue weighted by Crippen LogP contribution is 2.22. The second-order valence-electron chi connectivity index (χ2n) is 6.92. The van der Waals surface area contributed by atoms with Gasteiger partial charge in [-0.25, -0.2) is 0 Å². The van der Waals surface area contributed by atoms with Crippen molar-refractivity contribution < 1.29 is 4.79 Å². The SMILES string of the molecule is Cc1ccc2c(cnn2CCC(=O)N2CC(C)CC(C)C2)c1. The number of likely N-dealkylation sites (tertiary alicyclic amines) is 1. The lowest BCUT2D eigenvalue weighted by molar-refractivity contribution is -0.134. The van der Waals surface area contributed by atoms with Crippen LogP contribution in [0.25, 0.3) is 10.9 Å². The molecule has 1 fully saturated rings. The molecule has 3 rings (SSSR count). The second kappa shape index (κ2) is 6.11. The Bertz CT molecular complexity index is 666. The van der Waals surface area contributed by atoms with Gasteiger partial charge in [0.1, 0.15) is 0 Å². The molecule has 4 nitrogen and oxygen atoms in total. The maximum Gasteiger partial charge on any atom is 0.224 e. The van der Waals surface area contributed by atoms with E-state index in [1.807, 2.05) is 15.8 Å². The van der Waals surface area contributed by atoms with Crippen molar-refractivity contribution in [2.45, 2.75) is 40.2 Å². The Labute approximate surface area is 132 Å². The van der Waals surface area contributed by atoms with Gasteiger partial charge in [0.25, 0.3) is 0 Å². The number of fused-ring (bicyclic) bond motifs is 1. The van der Waals surface area contributed by atoms with Gasteiger partial charge in [0, 0.05) is 24.9 Å². The summed E-state index contributed by atoms with van der Waals surface area (Å²) in [4.78, 5) is 14.5. The zero-order valence-corrected chi connectivity index (χ0v) is 13.7. The number of amides is 1. The second-order valence-corrected chi connectivity index (χ2v) is 6.92. The Morgan fingerprint density at radius 2 is 2.00 bits per heavy atom. The molecule has 1 aliphatic heterocycles. The van der Waals surface area contributed by atoms with Crippen molar-refractivity contribution in [2.75, 3.05) is 13.1 Å². The number of carbonyl (C=O) groups excluding carboxylic acids is 1. The molecular formula is C18H25N3O. The summed E-state index contributed by atoms with van der Waals surface area (Å²) in [6.45, 7) is 9.02. The number of nitrogens with zero attached hydrogens (tertiary/aromatic N) is 3. The third-order valence-corrected chi connectivity index (χ3v) is 4.56. The van der Waals surface area contributed by atoms with Crippen LogP contribution in [0.2, 0.25) is 0 Å². The van der Waals surface area contributed by atoms with Gasteiger partial charge >= 0.3 is 0 Å². The highest BCUT2D eigenvalue weighted by atomic mass is 16.2. The average Bonchev–Trinajstić information content (AvgIpc) is 2.85. The summed E-state index contributed by atoms with van der Waals surface area (Å²) in [5.41, 5.74) is 2.35. The number of piperidine rings is 1. The Balaban J connectivity index is 1.65. The van der Waals surface area contributed by atoms with E-state index in [2.05, 4.69) is 44.1 Å². The lowest BCUT2D eigenvalue weighted by atomic mass is 9.92. The topological polar surface area (TPSA) is 38.1 Å². The smallest absolute Gasteiger partial charge is 0.224 e. The molecular weight excluding hydrogens is 274 g/mol. The largest absolute Gasteiger partial charge is 0.342 e. The van der Waals surface area contributed by atoms with Crippen LogP contribution in [0.15, 0.2) is 24.4 Å². The molecule has 2 atom stereocenters. The fraction of sp³-hybridized carbons (Fsp3) is 0.556. The zero-order chi connectivity index (χ0) is 15.7. The quantitative estimate of drug-likeness (QED) is 0.872. The third-order valence-electron chi connectivity index (χ3n) is 4.56. The van der Waals surface area contributed by atoms with Crippen LogP contribution in [0.3, 0.4) is 0 Å². The van der Waals surface area contributed by atoms with Crippen molar-refractivity contribution in [2.24, 2.45) is 11.8 Å². The zero-order valence-electron chi connectivity index (χ0n) is 13.7. The first-order valence-electron chi connectivity index (χ1n) is 8.23. The first-order chi connectivity index (χ1) is 10.5. The van der Waals surface area contributed by atoms with E-state index in [1.165, 1.54) is 12.0 Å². The fourth-order valence-electron chi connectivity index (χ4n) is 3.61. The lowest BCUT2D eigenvalue weighted by Gasteiger charge is -2.35. The molecule has 1 amide bonds. The van der Waals surface area contributed by atoms with Gasteiger partial charge in [0.05, 0.1) is 18.3 Å². The van der Waals surface area contributed by atoms with Crippen LogP contribution in [-0.2, 0) is 11.3 Å². The van der Waals surface area contributed by atoms with Crippen molar-refractivity contribution >= 4 is 16.8 Å². The first-order valence-corrected chi connectivity index (χ1v) is 8.23. The number of rotatable bonds is 3. The first kappa shape index (κ1) is 15.1. The number of aromatic nitrogens is 2. The molecule has 1 aliphatic rings. The van der Waals surface area contributed by atoms with Gasteiger partial charge in [-0.2, -0.15) is 5.10 Å². The maximum absolute atomic E-state index is 12.5. The van der Waals surface area contributed by atoms with Gasteiger partial charge in [-0.15, -0.1) is 0 Å². The summed E-state index contributed by atoms with van der Waals surface area (Å²) in [5, 5.41) is 5.58. The highest BCUT2D eigenvalue weighted by Gasteiger charge is 2.25. The standard InChI is InChI=1S/C18H25N3O/c1-13-4-5-17-16(9-13)10-19-21(17)7-6-18(22)20-11-14(2)8-15(3)12-20/h4-5,9-10,14-15H,6-8,11-12H2,1-3H3. The molecule has 0 N–H and O–H groups in total. The monoisotopic (exact) mass is 299 g/mol. The molecule has 1 saturated heterocycles. The number of aryl methyl sites for hydroxylation is 2. The number of hydrogen-bond acceptors (Lipinski definition) is 2. The Kier molecular flexibility index (Phi) is 4.19. The maximum atomic E-state index is 12.5. The van der Waals surface area contributed by atoms with Gasteiger partial charge in [0.2, 0.25) is 5.91 Å². The van der Waals surface area contributed by atoms with Crippen LogP contribution >= 0.6 is 0 Å². The van der Waals surface area contributed by atoms with Crippen LogP contribution in [0.1, 0.15) is 32.3 Å². The van der Waals surface area contributed by atoms with E-state index < -0.39 is 0 Å². The molecule has 0 aliphatic carbocycles. The van der Waals surface area contributed by atoms with Gasteiger partial charge in [0.15, 0.2) is 0 Å². The van der Waals surface area contributed by atoms with Gasteiger partial charge in [-0.3, -0.25) is 9.48 Å². The number of hydrogen-bond donors (Lipinski definition) is 0. The summed E-state index contributed by atoms with van der Waals surface area (Å²) in [7, 11) is 0. The molecule has 2 unspecified atom stereocenters. The number of benzene rings is 1. The van der Waals surface area contributed by atoms with Crippen LogP contribution in [0.4, 0.5) is 0 Å². The molecule has 0 spiro atoms. The third kappa shape index (κ3) is 3.16. The van der Waals surface area contributed by atoms with Crippen molar-refractivity contribution in [3.63, 3.8) is 0 Å². The fourth-order valence-corrected chi connectivity index (χ4v) is 3.61. The van der Waals surface area contributed by atoms with E-state index in [-0.39, 0.29) is 5.91 Å². The van der Waals surface area contributed by atoms with E-state index in [0.717, 1.165) is 24.0 Å². The Hall–Kier alpha value is -1.84. The van der Waals surface area contributed by atoms with Crippen LogP contribution in [-0.4, -0.2) is 33.7 Å². The summed E-state index contributed by atoms with van der Waals surface area (Å²) in [5.74, 6) is 1.48. The van der Waals surface area contributed by atoms with Crippen molar-refractivity contribution in [3.8, 4) is 0 Å². The predicted molar refractivity (Wildman–Crippen MR) is 88.6 cm³/mol. The van der Waals surface area contributed by atoms with Crippen LogP contribution in [0.5, 0.6) is 0 Å². The molecule has 2 heterocycles. The molecule has 0 bridgehead atoms. The minimum Gasteiger partial charge on any atom is -0.342 e. The van der Waals surface area contributed by atoms with Crippen molar-refractivity contribution in [3.05, 3.63) is 30.0 Å². The molecule has 118 valence electrons. The van der Waals surface area contributed by atoms with Crippen molar-refractivity contribution in [1.29, 1.82) is 0 Å². The molecule has 0 saturated carbocycles. The minimum atomic E-state index is 0.258. The lowest BCUT2D eigenvalue weighted by Crippen LogP contribution is -2.42. The van der Waals surface area contributed by atoms with E-state index in [1.54, 1.807) is 0 Å². The Morgan fingerprint density at radius 1 is 1.27 bits per heavy atom. The van der Waals surface area contributed by atoms with Crippen molar-refractivity contribution in [1.82, 2.24) is 14.7 Å². The summed E-state index contributed by atoms with van der Waals surface area (Å²) >= 11 is 0. The van der Waals surface area contributed by atoms with E-state index in [4.69, 9.17) is 0 Å². The highest BCUT2D eigenvalue weighted by molar-refractivity contribution is 5.80. The summed E-state index contributed by atoms with van der Waals surface area (Å²) in [6.07, 6.45) is 3.65. The minimum absolute atomic E-state index is 0.258. The summed E-state index contributed by atoms with van der Waals surface area (Å²) < 4.78 is 1.95. The predicted octanol–water partition coefficient (Wildman–Crippen LogP) is 3.24. The van der Waals surface area contributed by atoms with Gasteiger partial charge in [-0.1, -0.05) is 25.5 Å². The van der Waals surface area contributed by atoms with Crippen LogP contribution < -0.4 is 0 Å². The molecule has 22 heavy (non-hydrogen) atoms. The molecule has 0 radical (unpaired) electrons. The Morgan fingerprint density at radius 3 is 2.73 bits per heavy atom. The normalized spacial score (nSPS) is 22.2. The van der Waals surface area contributed by atoms with Crippen LogP contribution in [0, 0.1) is 18.8 Å².